The number of hydrogen-bond donors (Lipinski definition) is 0. The Labute approximate surface area is 119 Å². The lowest BCUT2D eigenvalue weighted by Gasteiger charge is -2.32. The van der Waals surface area contributed by atoms with Crippen LogP contribution in [-0.2, 0) is 11.3 Å². The Morgan fingerprint density at radius 3 is 2.47 bits per heavy atom. The molecule has 1 aromatic rings. The fraction of sp³-hybridized carbons (Fsp3) is 0.714. The van der Waals surface area contributed by atoms with Crippen molar-refractivity contribution in [2.24, 2.45) is 5.92 Å². The smallest absolute Gasteiger partial charge is 0.225 e. The predicted molar refractivity (Wildman–Crippen MR) is 78.3 cm³/mol. The highest BCUT2D eigenvalue weighted by Gasteiger charge is 2.26. The third-order valence-corrected chi connectivity index (χ3v) is 4.80. The Balaban J connectivity index is 1.87. The number of rotatable bonds is 3. The lowest BCUT2D eigenvalue weighted by atomic mass is 9.95. The van der Waals surface area contributed by atoms with Crippen LogP contribution in [0.15, 0.2) is 0 Å². The molecular formula is C14H23N3OS. The monoisotopic (exact) mass is 281 g/mol. The SMILES string of the molecule is Cc1nc(C)c(CN2CCC(C(=O)N(C)C)CC2)s1. The average Bonchev–Trinajstić information content (AvgIpc) is 2.68. The van der Waals surface area contributed by atoms with Gasteiger partial charge < -0.3 is 4.90 Å². The van der Waals surface area contributed by atoms with E-state index < -0.39 is 0 Å². The first-order valence-electron chi connectivity index (χ1n) is 6.84. The van der Waals surface area contributed by atoms with Crippen LogP contribution in [0.5, 0.6) is 0 Å². The molecule has 0 bridgehead atoms. The van der Waals surface area contributed by atoms with E-state index >= 15 is 0 Å². The lowest BCUT2D eigenvalue weighted by Crippen LogP contribution is -2.39. The summed E-state index contributed by atoms with van der Waals surface area (Å²) in [5, 5.41) is 1.14. The van der Waals surface area contributed by atoms with Gasteiger partial charge in [-0.05, 0) is 39.8 Å². The zero-order valence-electron chi connectivity index (χ0n) is 12.3. The number of piperidine rings is 1. The Kier molecular flexibility index (Phi) is 4.58. The summed E-state index contributed by atoms with van der Waals surface area (Å²) in [6, 6.07) is 0. The summed E-state index contributed by atoms with van der Waals surface area (Å²) in [6.07, 6.45) is 1.96. The first-order chi connectivity index (χ1) is 8.97. The van der Waals surface area contributed by atoms with Gasteiger partial charge in [0.1, 0.15) is 0 Å². The van der Waals surface area contributed by atoms with E-state index in [1.807, 2.05) is 14.1 Å². The molecule has 106 valence electrons. The molecule has 5 heteroatoms. The van der Waals surface area contributed by atoms with Gasteiger partial charge in [-0.2, -0.15) is 0 Å². The molecule has 1 aliphatic rings. The summed E-state index contributed by atoms with van der Waals surface area (Å²) in [5.41, 5.74) is 1.16. The molecule has 19 heavy (non-hydrogen) atoms. The first kappa shape index (κ1) is 14.5. The summed E-state index contributed by atoms with van der Waals surface area (Å²) in [4.78, 5) is 21.9. The Bertz CT molecular complexity index is 448. The molecule has 1 fully saturated rings. The van der Waals surface area contributed by atoms with Gasteiger partial charge in [-0.15, -0.1) is 11.3 Å². The second kappa shape index (κ2) is 6.01. The minimum atomic E-state index is 0.218. The lowest BCUT2D eigenvalue weighted by molar-refractivity contribution is -0.134. The maximum atomic E-state index is 11.9. The van der Waals surface area contributed by atoms with Gasteiger partial charge in [0.2, 0.25) is 5.91 Å². The Morgan fingerprint density at radius 2 is 2.00 bits per heavy atom. The third kappa shape index (κ3) is 3.54. The second-order valence-corrected chi connectivity index (χ2v) is 6.81. The standard InChI is InChI=1S/C14H23N3OS/c1-10-13(19-11(2)15-10)9-17-7-5-12(6-8-17)14(18)16(3)4/h12H,5-9H2,1-4H3. The van der Waals surface area contributed by atoms with E-state index in [4.69, 9.17) is 0 Å². The highest BCUT2D eigenvalue weighted by Crippen LogP contribution is 2.24. The van der Waals surface area contributed by atoms with Crippen molar-refractivity contribution in [3.05, 3.63) is 15.6 Å². The third-order valence-electron chi connectivity index (χ3n) is 3.74. The van der Waals surface area contributed by atoms with Crippen molar-refractivity contribution in [2.75, 3.05) is 27.2 Å². The van der Waals surface area contributed by atoms with Crippen molar-refractivity contribution < 1.29 is 4.79 Å². The maximum Gasteiger partial charge on any atom is 0.225 e. The van der Waals surface area contributed by atoms with Gasteiger partial charge in [-0.25, -0.2) is 4.98 Å². The quantitative estimate of drug-likeness (QED) is 0.851. The molecule has 1 aromatic heterocycles. The van der Waals surface area contributed by atoms with Crippen LogP contribution in [0.25, 0.3) is 0 Å². The van der Waals surface area contributed by atoms with E-state index in [1.54, 1.807) is 16.2 Å². The van der Waals surface area contributed by atoms with Crippen LogP contribution in [0, 0.1) is 19.8 Å². The molecule has 2 rings (SSSR count). The van der Waals surface area contributed by atoms with Gasteiger partial charge in [0.05, 0.1) is 10.7 Å². The summed E-state index contributed by atoms with van der Waals surface area (Å²) < 4.78 is 0. The molecule has 0 saturated carbocycles. The molecule has 0 unspecified atom stereocenters. The molecule has 0 aromatic carbocycles. The molecule has 1 saturated heterocycles. The maximum absolute atomic E-state index is 11.9. The highest BCUT2D eigenvalue weighted by atomic mass is 32.1. The minimum absolute atomic E-state index is 0.218. The summed E-state index contributed by atoms with van der Waals surface area (Å²) in [5.74, 6) is 0.500. The first-order valence-corrected chi connectivity index (χ1v) is 7.65. The average molecular weight is 281 g/mol. The number of likely N-dealkylation sites (tertiary alicyclic amines) is 1. The van der Waals surface area contributed by atoms with Crippen molar-refractivity contribution in [2.45, 2.75) is 33.2 Å². The number of carbonyl (C=O) groups excluding carboxylic acids is 1. The fourth-order valence-corrected chi connectivity index (χ4v) is 3.61. The van der Waals surface area contributed by atoms with Crippen LogP contribution in [-0.4, -0.2) is 47.9 Å². The van der Waals surface area contributed by atoms with Crippen LogP contribution < -0.4 is 0 Å². The van der Waals surface area contributed by atoms with Crippen LogP contribution in [0.1, 0.15) is 28.4 Å². The molecule has 0 aliphatic carbocycles. The van der Waals surface area contributed by atoms with Gasteiger partial charge in [-0.3, -0.25) is 9.69 Å². The topological polar surface area (TPSA) is 36.4 Å². The van der Waals surface area contributed by atoms with Crippen LogP contribution in [0.3, 0.4) is 0 Å². The van der Waals surface area contributed by atoms with E-state index in [2.05, 4.69) is 23.7 Å². The van der Waals surface area contributed by atoms with Gasteiger partial charge >= 0.3 is 0 Å². The number of carbonyl (C=O) groups is 1. The molecule has 0 spiro atoms. The number of amides is 1. The van der Waals surface area contributed by atoms with Crippen molar-refractivity contribution >= 4 is 17.2 Å². The Hall–Kier alpha value is -0.940. The minimum Gasteiger partial charge on any atom is -0.349 e. The van der Waals surface area contributed by atoms with E-state index in [-0.39, 0.29) is 11.8 Å². The molecule has 2 heterocycles. The molecule has 1 aliphatic heterocycles. The molecule has 0 radical (unpaired) electrons. The van der Waals surface area contributed by atoms with Gasteiger partial charge in [-0.1, -0.05) is 0 Å². The predicted octanol–water partition coefficient (Wildman–Crippen LogP) is 2.06. The molecule has 4 nitrogen and oxygen atoms in total. The van der Waals surface area contributed by atoms with Crippen molar-refractivity contribution in [3.8, 4) is 0 Å². The highest BCUT2D eigenvalue weighted by molar-refractivity contribution is 7.11. The van der Waals surface area contributed by atoms with Crippen LogP contribution >= 0.6 is 11.3 Å². The molecule has 0 N–H and O–H groups in total. The van der Waals surface area contributed by atoms with Crippen molar-refractivity contribution in [1.82, 2.24) is 14.8 Å². The number of aryl methyl sites for hydroxylation is 2. The van der Waals surface area contributed by atoms with Gasteiger partial charge in [0, 0.05) is 31.4 Å². The number of aromatic nitrogens is 1. The van der Waals surface area contributed by atoms with E-state index in [0.29, 0.717) is 0 Å². The number of thiazole rings is 1. The van der Waals surface area contributed by atoms with Gasteiger partial charge in [0.25, 0.3) is 0 Å². The number of hydrogen-bond acceptors (Lipinski definition) is 4. The van der Waals surface area contributed by atoms with E-state index in [9.17, 15) is 4.79 Å². The normalized spacial score (nSPS) is 17.7. The van der Waals surface area contributed by atoms with Crippen molar-refractivity contribution in [1.29, 1.82) is 0 Å². The zero-order chi connectivity index (χ0) is 14.0. The van der Waals surface area contributed by atoms with E-state index in [1.165, 1.54) is 4.88 Å². The summed E-state index contributed by atoms with van der Waals surface area (Å²) >= 11 is 1.79. The Morgan fingerprint density at radius 1 is 1.37 bits per heavy atom. The molecule has 0 atom stereocenters. The summed E-state index contributed by atoms with van der Waals surface area (Å²) in [7, 11) is 3.69. The van der Waals surface area contributed by atoms with Gasteiger partial charge in [0.15, 0.2) is 0 Å². The van der Waals surface area contributed by atoms with Crippen LogP contribution in [0.4, 0.5) is 0 Å². The number of nitrogens with zero attached hydrogens (tertiary/aromatic N) is 3. The van der Waals surface area contributed by atoms with Crippen molar-refractivity contribution in [3.63, 3.8) is 0 Å². The molecular weight excluding hydrogens is 258 g/mol. The van der Waals surface area contributed by atoms with Crippen LogP contribution in [0.2, 0.25) is 0 Å². The summed E-state index contributed by atoms with van der Waals surface area (Å²) in [6.45, 7) is 7.16. The zero-order valence-corrected chi connectivity index (χ0v) is 13.1. The second-order valence-electron chi connectivity index (χ2n) is 5.52. The molecule has 1 amide bonds. The largest absolute Gasteiger partial charge is 0.349 e. The van der Waals surface area contributed by atoms with E-state index in [0.717, 1.165) is 43.2 Å². The fourth-order valence-electron chi connectivity index (χ4n) is 2.63.